The Morgan fingerprint density at radius 2 is 1.92 bits per heavy atom. The predicted octanol–water partition coefficient (Wildman–Crippen LogP) is 3.61. The number of nitrogens with zero attached hydrogens (tertiary/aromatic N) is 1. The average Bonchev–Trinajstić information content (AvgIpc) is 2.58. The van der Waals surface area contributed by atoms with Crippen molar-refractivity contribution in [3.8, 4) is 5.75 Å². The molecule has 5 heteroatoms. The lowest BCUT2D eigenvalue weighted by Gasteiger charge is -2.36. The number of benzene rings is 2. The van der Waals surface area contributed by atoms with Crippen molar-refractivity contribution in [3.63, 3.8) is 0 Å². The summed E-state index contributed by atoms with van der Waals surface area (Å²) >= 11 is 5.87. The minimum absolute atomic E-state index is 0.0403. The average molecular weight is 360 g/mol. The summed E-state index contributed by atoms with van der Waals surface area (Å²) < 4.78 is 5.85. The van der Waals surface area contributed by atoms with E-state index < -0.39 is 6.10 Å². The van der Waals surface area contributed by atoms with Crippen LogP contribution in [0.15, 0.2) is 42.5 Å². The van der Waals surface area contributed by atoms with Crippen molar-refractivity contribution in [3.05, 3.63) is 64.2 Å². The molecule has 0 saturated carbocycles. The number of piperidine rings is 1. The Hall–Kier alpha value is -2.04. The maximum Gasteiger partial charge on any atom is 0.254 e. The predicted molar refractivity (Wildman–Crippen MR) is 98.3 cm³/mol. The van der Waals surface area contributed by atoms with E-state index in [1.54, 1.807) is 29.2 Å². The second-order valence-electron chi connectivity index (χ2n) is 6.54. The molecule has 2 aromatic carbocycles. The van der Waals surface area contributed by atoms with Gasteiger partial charge < -0.3 is 14.7 Å². The van der Waals surface area contributed by atoms with Crippen LogP contribution in [0.2, 0.25) is 5.02 Å². The van der Waals surface area contributed by atoms with Gasteiger partial charge in [-0.2, -0.15) is 0 Å². The van der Waals surface area contributed by atoms with Gasteiger partial charge >= 0.3 is 0 Å². The minimum Gasteiger partial charge on any atom is -0.488 e. The molecule has 0 bridgehead atoms. The Balaban J connectivity index is 1.64. The fourth-order valence-corrected chi connectivity index (χ4v) is 3.27. The van der Waals surface area contributed by atoms with Gasteiger partial charge in [-0.1, -0.05) is 29.3 Å². The second kappa shape index (κ2) is 7.46. The van der Waals surface area contributed by atoms with Crippen LogP contribution in [-0.2, 0) is 0 Å². The summed E-state index contributed by atoms with van der Waals surface area (Å²) in [4.78, 5) is 14.4. The quantitative estimate of drug-likeness (QED) is 0.910. The first kappa shape index (κ1) is 17.8. The third kappa shape index (κ3) is 4.14. The third-order valence-electron chi connectivity index (χ3n) is 4.52. The molecule has 1 heterocycles. The first-order valence-corrected chi connectivity index (χ1v) is 8.78. The fourth-order valence-electron chi connectivity index (χ4n) is 3.14. The van der Waals surface area contributed by atoms with Crippen molar-refractivity contribution in [2.24, 2.45) is 0 Å². The molecule has 2 atom stereocenters. The largest absolute Gasteiger partial charge is 0.488 e. The lowest BCUT2D eigenvalue weighted by Crippen LogP contribution is -2.51. The van der Waals surface area contributed by atoms with Gasteiger partial charge in [0.15, 0.2) is 0 Å². The normalized spacial score (nSPS) is 20.4. The number of carbonyl (C=O) groups is 1. The molecule has 1 aliphatic heterocycles. The molecular formula is C20H22ClNO3. The van der Waals surface area contributed by atoms with E-state index in [-0.39, 0.29) is 18.6 Å². The number of halogens is 1. The summed E-state index contributed by atoms with van der Waals surface area (Å²) in [7, 11) is 0. The number of hydrogen-bond acceptors (Lipinski definition) is 3. The number of rotatable bonds is 3. The molecule has 0 radical (unpaired) electrons. The number of carbonyl (C=O) groups excluding carboxylic acids is 1. The van der Waals surface area contributed by atoms with E-state index in [4.69, 9.17) is 16.3 Å². The van der Waals surface area contributed by atoms with Crippen molar-refractivity contribution in [2.45, 2.75) is 32.5 Å². The number of aliphatic hydroxyl groups is 1. The molecule has 1 N–H and O–H groups in total. The monoisotopic (exact) mass is 359 g/mol. The van der Waals surface area contributed by atoms with Crippen LogP contribution in [0.5, 0.6) is 5.75 Å². The van der Waals surface area contributed by atoms with Gasteiger partial charge in [-0.3, -0.25) is 4.79 Å². The minimum atomic E-state index is -0.723. The molecule has 132 valence electrons. The van der Waals surface area contributed by atoms with Crippen molar-refractivity contribution < 1.29 is 14.6 Å². The van der Waals surface area contributed by atoms with Crippen molar-refractivity contribution >= 4 is 17.5 Å². The van der Waals surface area contributed by atoms with Crippen LogP contribution in [0.3, 0.4) is 0 Å². The molecular weight excluding hydrogens is 338 g/mol. The molecule has 1 amide bonds. The van der Waals surface area contributed by atoms with Gasteiger partial charge in [0, 0.05) is 23.6 Å². The van der Waals surface area contributed by atoms with Crippen LogP contribution in [0.1, 0.15) is 27.9 Å². The Morgan fingerprint density at radius 1 is 1.20 bits per heavy atom. The van der Waals surface area contributed by atoms with Crippen LogP contribution in [0, 0.1) is 13.8 Å². The van der Waals surface area contributed by atoms with Crippen molar-refractivity contribution in [2.75, 3.05) is 13.1 Å². The molecule has 25 heavy (non-hydrogen) atoms. The Morgan fingerprint density at radius 3 is 2.56 bits per heavy atom. The van der Waals surface area contributed by atoms with E-state index in [0.717, 1.165) is 11.1 Å². The summed E-state index contributed by atoms with van der Waals surface area (Å²) in [6, 6.07) is 12.9. The summed E-state index contributed by atoms with van der Waals surface area (Å²) in [5.41, 5.74) is 2.78. The van der Waals surface area contributed by atoms with Crippen LogP contribution < -0.4 is 4.74 Å². The van der Waals surface area contributed by atoms with E-state index >= 15 is 0 Å². The van der Waals surface area contributed by atoms with Crippen LogP contribution in [0.25, 0.3) is 0 Å². The first-order chi connectivity index (χ1) is 11.9. The summed E-state index contributed by atoms with van der Waals surface area (Å²) in [6.45, 7) is 4.77. The Kier molecular flexibility index (Phi) is 5.30. The maximum absolute atomic E-state index is 12.7. The molecule has 1 saturated heterocycles. The van der Waals surface area contributed by atoms with Gasteiger partial charge in [-0.25, -0.2) is 0 Å². The van der Waals surface area contributed by atoms with Gasteiger partial charge in [0.25, 0.3) is 5.91 Å². The van der Waals surface area contributed by atoms with Gasteiger partial charge in [0.1, 0.15) is 18.0 Å². The molecule has 1 fully saturated rings. The van der Waals surface area contributed by atoms with E-state index in [9.17, 15) is 9.90 Å². The lowest BCUT2D eigenvalue weighted by molar-refractivity contribution is -0.0199. The molecule has 2 aromatic rings. The van der Waals surface area contributed by atoms with Crippen LogP contribution in [0.4, 0.5) is 0 Å². The van der Waals surface area contributed by atoms with Gasteiger partial charge in [-0.05, 0) is 49.7 Å². The van der Waals surface area contributed by atoms with Crippen molar-refractivity contribution in [1.29, 1.82) is 0 Å². The number of likely N-dealkylation sites (tertiary alicyclic amines) is 1. The molecule has 1 aliphatic rings. The zero-order valence-corrected chi connectivity index (χ0v) is 15.2. The van der Waals surface area contributed by atoms with Gasteiger partial charge in [0.2, 0.25) is 0 Å². The number of aliphatic hydroxyl groups excluding tert-OH is 1. The SMILES string of the molecule is Cc1ccc(C(=O)N2CC[C@@H](Oc3ccc(Cl)cc3)[C@H](O)C2)c(C)c1. The number of hydrogen-bond donors (Lipinski definition) is 1. The van der Waals surface area contributed by atoms with Crippen LogP contribution in [-0.4, -0.2) is 41.2 Å². The number of amides is 1. The van der Waals surface area contributed by atoms with Crippen molar-refractivity contribution in [1.82, 2.24) is 4.90 Å². The van der Waals surface area contributed by atoms with E-state index in [1.807, 2.05) is 32.0 Å². The highest BCUT2D eigenvalue weighted by Crippen LogP contribution is 2.23. The molecule has 0 aliphatic carbocycles. The molecule has 0 aromatic heterocycles. The first-order valence-electron chi connectivity index (χ1n) is 8.41. The van der Waals surface area contributed by atoms with E-state index in [2.05, 4.69) is 0 Å². The number of β-amino-alcohol motifs (C(OH)–C–C–N with tert-alkyl or cyclic N) is 1. The lowest BCUT2D eigenvalue weighted by atomic mass is 10.0. The third-order valence-corrected chi connectivity index (χ3v) is 4.77. The Labute approximate surface area is 153 Å². The number of ether oxygens (including phenoxy) is 1. The molecule has 4 nitrogen and oxygen atoms in total. The molecule has 0 unspecified atom stereocenters. The smallest absolute Gasteiger partial charge is 0.254 e. The highest BCUT2D eigenvalue weighted by Gasteiger charge is 2.32. The van der Waals surface area contributed by atoms with E-state index in [0.29, 0.717) is 29.3 Å². The maximum atomic E-state index is 12.7. The van der Waals surface area contributed by atoms with Gasteiger partial charge in [-0.15, -0.1) is 0 Å². The zero-order chi connectivity index (χ0) is 18.0. The zero-order valence-electron chi connectivity index (χ0n) is 14.4. The van der Waals surface area contributed by atoms with Gasteiger partial charge in [0.05, 0.1) is 6.54 Å². The standard InChI is InChI=1S/C20H22ClNO3/c1-13-3-8-17(14(2)11-13)20(24)22-10-9-19(18(23)12-22)25-16-6-4-15(21)5-7-16/h3-8,11,18-19,23H,9-10,12H2,1-2H3/t18-,19-/m1/s1. The topological polar surface area (TPSA) is 49.8 Å². The molecule has 0 spiro atoms. The molecule has 3 rings (SSSR count). The highest BCUT2D eigenvalue weighted by atomic mass is 35.5. The summed E-state index contributed by atoms with van der Waals surface area (Å²) in [5, 5.41) is 11.1. The summed E-state index contributed by atoms with van der Waals surface area (Å²) in [5.74, 6) is 0.629. The van der Waals surface area contributed by atoms with E-state index in [1.165, 1.54) is 0 Å². The second-order valence-corrected chi connectivity index (χ2v) is 6.97. The van der Waals surface area contributed by atoms with Crippen LogP contribution >= 0.6 is 11.6 Å². The number of aryl methyl sites for hydroxylation is 2. The Bertz CT molecular complexity index is 760. The highest BCUT2D eigenvalue weighted by molar-refractivity contribution is 6.30. The summed E-state index contributed by atoms with van der Waals surface area (Å²) in [6.07, 6.45) is -0.469. The fraction of sp³-hybridized carbons (Fsp3) is 0.350.